The molecule has 0 atom stereocenters. The van der Waals surface area contributed by atoms with Crippen LogP contribution in [0.2, 0.25) is 18.1 Å². The normalized spacial score (nSPS) is 12.0. The molecule has 0 heterocycles. The van der Waals surface area contributed by atoms with Crippen LogP contribution in [0.1, 0.15) is 201 Å². The molecule has 0 nitrogen and oxygen atoms in total. The minimum atomic E-state index is -0.964. The molecule has 0 bridgehead atoms. The minimum Gasteiger partial charge on any atom is -0.0678 e. The Morgan fingerprint density at radius 2 is 0.528 bits per heavy atom. The Labute approximate surface area is 233 Å². The van der Waals surface area contributed by atoms with Crippen LogP contribution in [-0.4, -0.2) is 8.07 Å². The average molecular weight is 522 g/mol. The summed E-state index contributed by atoms with van der Waals surface area (Å²) in [5, 5.41) is 0. The van der Waals surface area contributed by atoms with Crippen molar-refractivity contribution in [3.63, 3.8) is 0 Å². The van der Waals surface area contributed by atoms with E-state index in [9.17, 15) is 0 Å². The molecule has 0 rings (SSSR count). The van der Waals surface area contributed by atoms with Gasteiger partial charge >= 0.3 is 0 Å². The van der Waals surface area contributed by atoms with Crippen molar-refractivity contribution in [3.8, 4) is 0 Å². The first-order valence-corrected chi connectivity index (χ1v) is 20.3. The standard InChI is InChI=1S/C35H73Si/c1-5-9-10-11-12-13-14-15-16-17-18-19-20-21-22-23-24-25-26-27-28-29-30-31-32-33-34-35-36(6-2,7-3)8-4/h35H,5-34H2,1-4H3. The summed E-state index contributed by atoms with van der Waals surface area (Å²) >= 11 is 0. The SMILES string of the molecule is CCCCCCCCCCCCCCCCCCCCCCCCCCCC[CH][Si](CC)(CC)CC. The maximum atomic E-state index is 2.80. The molecule has 0 aromatic rings. The van der Waals surface area contributed by atoms with Crippen LogP contribution in [0.4, 0.5) is 0 Å². The highest BCUT2D eigenvalue weighted by molar-refractivity contribution is 6.82. The second kappa shape index (κ2) is 29.8. The van der Waals surface area contributed by atoms with Gasteiger partial charge in [-0.1, -0.05) is 219 Å². The third kappa shape index (κ3) is 24.5. The number of unbranched alkanes of at least 4 members (excludes halogenated alkanes) is 26. The summed E-state index contributed by atoms with van der Waals surface area (Å²) in [6.07, 6.45) is 39.9. The van der Waals surface area contributed by atoms with Crippen LogP contribution in [-0.2, 0) is 0 Å². The van der Waals surface area contributed by atoms with E-state index in [1.54, 1.807) is 0 Å². The molecule has 217 valence electrons. The Bertz CT molecular complexity index is 378. The van der Waals surface area contributed by atoms with Crippen molar-refractivity contribution in [1.82, 2.24) is 0 Å². The molecule has 0 spiro atoms. The second-order valence-electron chi connectivity index (χ2n) is 12.3. The fourth-order valence-corrected chi connectivity index (χ4v) is 9.23. The molecule has 0 saturated heterocycles. The lowest BCUT2D eigenvalue weighted by Gasteiger charge is -2.27. The van der Waals surface area contributed by atoms with Crippen molar-refractivity contribution in [3.05, 3.63) is 6.04 Å². The molecule has 0 aromatic heterocycles. The van der Waals surface area contributed by atoms with Crippen molar-refractivity contribution in [2.24, 2.45) is 0 Å². The van der Waals surface area contributed by atoms with Crippen LogP contribution in [0.15, 0.2) is 0 Å². The second-order valence-corrected chi connectivity index (χ2v) is 17.5. The van der Waals surface area contributed by atoms with Gasteiger partial charge in [0.1, 0.15) is 0 Å². The highest BCUT2D eigenvalue weighted by Gasteiger charge is 2.25. The molecule has 0 unspecified atom stereocenters. The average Bonchev–Trinajstić information content (AvgIpc) is 2.91. The van der Waals surface area contributed by atoms with E-state index < -0.39 is 8.07 Å². The monoisotopic (exact) mass is 522 g/mol. The Hall–Kier alpha value is 0.217. The summed E-state index contributed by atoms with van der Waals surface area (Å²) in [5.41, 5.74) is 0. The smallest absolute Gasteiger partial charge is 0.0558 e. The quantitative estimate of drug-likeness (QED) is 0.0628. The van der Waals surface area contributed by atoms with Crippen LogP contribution in [0.25, 0.3) is 0 Å². The van der Waals surface area contributed by atoms with Crippen molar-refractivity contribution < 1.29 is 0 Å². The Balaban J connectivity index is 3.13. The van der Waals surface area contributed by atoms with Crippen molar-refractivity contribution in [2.45, 2.75) is 219 Å². The van der Waals surface area contributed by atoms with Gasteiger partial charge in [-0.05, 0) is 6.04 Å². The Kier molecular flexibility index (Phi) is 29.9. The summed E-state index contributed by atoms with van der Waals surface area (Å²) in [5.74, 6) is 0. The Morgan fingerprint density at radius 3 is 0.750 bits per heavy atom. The van der Waals surface area contributed by atoms with Gasteiger partial charge in [-0.3, -0.25) is 0 Å². The lowest BCUT2D eigenvalue weighted by Crippen LogP contribution is -2.32. The molecule has 0 aliphatic rings. The fraction of sp³-hybridized carbons (Fsp3) is 0.971. The van der Waals surface area contributed by atoms with E-state index in [-0.39, 0.29) is 0 Å². The predicted octanol–water partition coefficient (Wildman–Crippen LogP) is 13.8. The zero-order valence-corrected chi connectivity index (χ0v) is 27.3. The third-order valence-corrected chi connectivity index (χ3v) is 14.6. The van der Waals surface area contributed by atoms with Crippen molar-refractivity contribution in [1.29, 1.82) is 0 Å². The van der Waals surface area contributed by atoms with Gasteiger partial charge in [0, 0.05) is 0 Å². The van der Waals surface area contributed by atoms with Crippen molar-refractivity contribution >= 4 is 8.07 Å². The van der Waals surface area contributed by atoms with Crippen LogP contribution in [0, 0.1) is 6.04 Å². The molecule has 0 aromatic carbocycles. The minimum absolute atomic E-state index is 0.964. The first-order valence-electron chi connectivity index (χ1n) is 17.6. The lowest BCUT2D eigenvalue weighted by molar-refractivity contribution is 0.515. The lowest BCUT2D eigenvalue weighted by atomic mass is 10.0. The molecule has 0 N–H and O–H groups in total. The molecule has 0 fully saturated rings. The van der Waals surface area contributed by atoms with Crippen LogP contribution in [0.5, 0.6) is 0 Å². The van der Waals surface area contributed by atoms with E-state index in [1.165, 1.54) is 191 Å². The molecule has 0 saturated carbocycles. The van der Waals surface area contributed by atoms with E-state index in [4.69, 9.17) is 0 Å². The number of hydrogen-bond donors (Lipinski definition) is 0. The van der Waals surface area contributed by atoms with E-state index in [1.807, 2.05) is 0 Å². The molecule has 0 amide bonds. The van der Waals surface area contributed by atoms with Gasteiger partial charge in [0.05, 0.1) is 8.07 Å². The zero-order valence-electron chi connectivity index (χ0n) is 26.3. The van der Waals surface area contributed by atoms with E-state index in [0.717, 1.165) is 0 Å². The predicted molar refractivity (Wildman–Crippen MR) is 172 cm³/mol. The number of hydrogen-bond acceptors (Lipinski definition) is 0. The van der Waals surface area contributed by atoms with Crippen molar-refractivity contribution in [2.75, 3.05) is 0 Å². The first-order chi connectivity index (χ1) is 17.7. The van der Waals surface area contributed by atoms with Crippen LogP contribution in [0.3, 0.4) is 0 Å². The maximum absolute atomic E-state index is 2.80. The van der Waals surface area contributed by atoms with E-state index in [2.05, 4.69) is 33.7 Å². The topological polar surface area (TPSA) is 0 Å². The van der Waals surface area contributed by atoms with Crippen LogP contribution < -0.4 is 0 Å². The molecule has 0 aliphatic heterocycles. The van der Waals surface area contributed by atoms with Gasteiger partial charge in [0.25, 0.3) is 0 Å². The zero-order chi connectivity index (χ0) is 26.4. The molecule has 1 radical (unpaired) electrons. The van der Waals surface area contributed by atoms with E-state index >= 15 is 0 Å². The van der Waals surface area contributed by atoms with Gasteiger partial charge < -0.3 is 0 Å². The summed E-state index contributed by atoms with van der Waals surface area (Å²) in [6.45, 7) is 9.59. The summed E-state index contributed by atoms with van der Waals surface area (Å²) in [4.78, 5) is 0. The van der Waals surface area contributed by atoms with Gasteiger partial charge in [-0.25, -0.2) is 0 Å². The summed E-state index contributed by atoms with van der Waals surface area (Å²) in [7, 11) is -0.964. The highest BCUT2D eigenvalue weighted by atomic mass is 28.3. The first kappa shape index (κ1) is 36.2. The molecule has 0 aliphatic carbocycles. The maximum Gasteiger partial charge on any atom is 0.0558 e. The largest absolute Gasteiger partial charge is 0.0678 e. The van der Waals surface area contributed by atoms with Gasteiger partial charge in [0.15, 0.2) is 0 Å². The molecule has 36 heavy (non-hydrogen) atoms. The van der Waals surface area contributed by atoms with Crippen LogP contribution >= 0.6 is 0 Å². The van der Waals surface area contributed by atoms with Gasteiger partial charge in [-0.15, -0.1) is 0 Å². The molecule has 1 heteroatoms. The molecular formula is C35H73Si. The molecular weight excluding hydrogens is 448 g/mol. The summed E-state index contributed by atoms with van der Waals surface area (Å²) < 4.78 is 0. The Morgan fingerprint density at radius 1 is 0.306 bits per heavy atom. The third-order valence-electron chi connectivity index (χ3n) is 9.25. The number of rotatable bonds is 31. The van der Waals surface area contributed by atoms with E-state index in [0.29, 0.717) is 0 Å². The fourth-order valence-electron chi connectivity index (χ4n) is 6.05. The van der Waals surface area contributed by atoms with Gasteiger partial charge in [-0.2, -0.15) is 0 Å². The van der Waals surface area contributed by atoms with Gasteiger partial charge in [0.2, 0.25) is 0 Å². The highest BCUT2D eigenvalue weighted by Crippen LogP contribution is 2.26. The summed E-state index contributed by atoms with van der Waals surface area (Å²) in [6, 6.07) is 7.17.